The van der Waals surface area contributed by atoms with E-state index >= 15 is 0 Å². The Morgan fingerprint density at radius 3 is 2.34 bits per heavy atom. The first-order valence-electron chi connectivity index (χ1n) is 18.8. The number of benzene rings is 3. The topological polar surface area (TPSA) is 172 Å². The van der Waals surface area contributed by atoms with Gasteiger partial charge in [-0.05, 0) is 35.6 Å². The maximum atomic E-state index is 14.3. The first kappa shape index (κ1) is 39.7. The molecule has 1 aromatic heterocycles. The van der Waals surface area contributed by atoms with Crippen LogP contribution in [0.4, 0.5) is 0 Å². The zero-order valence-electron chi connectivity index (χ0n) is 31.8. The van der Waals surface area contributed by atoms with Crippen LogP contribution in [-0.4, -0.2) is 109 Å². The second kappa shape index (κ2) is 18.5. The third-order valence-electron chi connectivity index (χ3n) is 9.87. The van der Waals surface area contributed by atoms with Gasteiger partial charge in [-0.15, -0.1) is 0 Å². The van der Waals surface area contributed by atoms with Gasteiger partial charge in [-0.25, -0.2) is 0 Å². The third kappa shape index (κ3) is 10.2. The second-order valence-corrected chi connectivity index (χ2v) is 14.5. The van der Waals surface area contributed by atoms with Crippen LogP contribution in [0, 0.1) is 5.92 Å². The molecule has 6 rings (SSSR count). The second-order valence-electron chi connectivity index (χ2n) is 14.5. The van der Waals surface area contributed by atoms with Gasteiger partial charge in [0.1, 0.15) is 23.5 Å². The molecule has 2 aliphatic rings. The van der Waals surface area contributed by atoms with E-state index in [1.165, 1.54) is 12.0 Å². The molecular formula is C42H48N6O8. The number of methoxy groups -OCH3 is 1. The Morgan fingerprint density at radius 2 is 1.61 bits per heavy atom. The fourth-order valence-corrected chi connectivity index (χ4v) is 7.09. The maximum absolute atomic E-state index is 14.3. The van der Waals surface area contributed by atoms with Crippen LogP contribution in [0.25, 0.3) is 11.3 Å². The Hall–Kier alpha value is -6.02. The van der Waals surface area contributed by atoms with Crippen molar-refractivity contribution in [2.75, 3.05) is 46.5 Å². The van der Waals surface area contributed by atoms with E-state index in [0.29, 0.717) is 17.9 Å². The summed E-state index contributed by atoms with van der Waals surface area (Å²) in [6, 6.07) is 24.9. The fraction of sp³-hybridized carbons (Fsp3) is 0.381. The van der Waals surface area contributed by atoms with Crippen LogP contribution in [0.1, 0.15) is 47.9 Å². The summed E-state index contributed by atoms with van der Waals surface area (Å²) in [4.78, 5) is 72.2. The first-order valence-corrected chi connectivity index (χ1v) is 18.8. The lowest BCUT2D eigenvalue weighted by atomic mass is 9.93. The number of amides is 5. The lowest BCUT2D eigenvalue weighted by Gasteiger charge is -2.29. The van der Waals surface area contributed by atoms with Crippen LogP contribution < -0.4 is 20.7 Å². The maximum Gasteiger partial charge on any atom is 0.292 e. The minimum atomic E-state index is -1.03. The van der Waals surface area contributed by atoms with Crippen LogP contribution in [0.5, 0.6) is 5.75 Å². The van der Waals surface area contributed by atoms with Gasteiger partial charge in [0.05, 0.1) is 19.2 Å². The normalized spacial score (nSPS) is 21.0. The van der Waals surface area contributed by atoms with Crippen molar-refractivity contribution in [3.05, 3.63) is 108 Å². The highest BCUT2D eigenvalue weighted by Crippen LogP contribution is 2.32. The van der Waals surface area contributed by atoms with Crippen LogP contribution in [-0.2, 0) is 30.3 Å². The molecule has 0 spiro atoms. The van der Waals surface area contributed by atoms with Crippen molar-refractivity contribution >= 4 is 29.5 Å². The highest BCUT2D eigenvalue weighted by atomic mass is 16.5. The highest BCUT2D eigenvalue weighted by molar-refractivity contribution is 5.94. The molecule has 56 heavy (non-hydrogen) atoms. The summed E-state index contributed by atoms with van der Waals surface area (Å²) in [6.45, 7) is 3.71. The zero-order valence-corrected chi connectivity index (χ0v) is 31.8. The van der Waals surface area contributed by atoms with E-state index in [1.807, 2.05) is 80.6 Å². The Labute approximate surface area is 325 Å². The lowest BCUT2D eigenvalue weighted by molar-refractivity contribution is -0.141. The van der Waals surface area contributed by atoms with E-state index in [2.05, 4.69) is 21.1 Å². The van der Waals surface area contributed by atoms with E-state index in [9.17, 15) is 24.0 Å². The predicted molar refractivity (Wildman–Crippen MR) is 206 cm³/mol. The molecule has 3 heterocycles. The Kier molecular flexibility index (Phi) is 13.1. The van der Waals surface area contributed by atoms with Crippen molar-refractivity contribution in [2.24, 2.45) is 5.92 Å². The third-order valence-corrected chi connectivity index (χ3v) is 9.87. The summed E-state index contributed by atoms with van der Waals surface area (Å²) in [5.74, 6) is -2.26. The summed E-state index contributed by atoms with van der Waals surface area (Å²) in [6.07, 6.45) is 0.490. The molecule has 0 radical (unpaired) electrons. The monoisotopic (exact) mass is 764 g/mol. The van der Waals surface area contributed by atoms with E-state index < -0.39 is 53.6 Å². The van der Waals surface area contributed by atoms with Gasteiger partial charge >= 0.3 is 0 Å². The number of fused-ring (bicyclic) bond motifs is 4. The van der Waals surface area contributed by atoms with Gasteiger partial charge in [0.15, 0.2) is 6.61 Å². The number of rotatable bonds is 9. The molecule has 0 aliphatic carbocycles. The summed E-state index contributed by atoms with van der Waals surface area (Å²) in [7, 11) is 1.49. The number of likely N-dealkylation sites (tertiary alicyclic amines) is 1. The van der Waals surface area contributed by atoms with E-state index in [1.54, 1.807) is 29.2 Å². The number of nitrogens with zero attached hydrogens (tertiary/aromatic N) is 3. The predicted octanol–water partition coefficient (Wildman–Crippen LogP) is 3.19. The van der Waals surface area contributed by atoms with Crippen LogP contribution >= 0.6 is 0 Å². The van der Waals surface area contributed by atoms with Crippen molar-refractivity contribution in [3.63, 3.8) is 0 Å². The van der Waals surface area contributed by atoms with Gasteiger partial charge in [0.2, 0.25) is 23.5 Å². The van der Waals surface area contributed by atoms with Crippen molar-refractivity contribution in [1.82, 2.24) is 30.9 Å². The van der Waals surface area contributed by atoms with E-state index in [0.717, 1.165) is 16.7 Å². The van der Waals surface area contributed by atoms with E-state index in [4.69, 9.17) is 14.0 Å². The molecule has 5 amide bonds. The molecule has 3 N–H and O–H groups in total. The molecule has 1 saturated heterocycles. The Morgan fingerprint density at radius 1 is 0.875 bits per heavy atom. The molecule has 3 aromatic carbocycles. The lowest BCUT2D eigenvalue weighted by Crippen LogP contribution is -2.56. The van der Waals surface area contributed by atoms with E-state index in [-0.39, 0.29) is 57.5 Å². The van der Waals surface area contributed by atoms with Gasteiger partial charge in [0, 0.05) is 50.7 Å². The van der Waals surface area contributed by atoms with Gasteiger partial charge < -0.3 is 39.7 Å². The average Bonchev–Trinajstić information content (AvgIpc) is 3.86. The first-order chi connectivity index (χ1) is 27.1. The zero-order chi connectivity index (χ0) is 39.6. The average molecular weight is 765 g/mol. The van der Waals surface area contributed by atoms with Crippen molar-refractivity contribution in [1.29, 1.82) is 0 Å². The summed E-state index contributed by atoms with van der Waals surface area (Å²) in [5.41, 5.74) is 2.89. The molecule has 2 bridgehead atoms. The van der Waals surface area contributed by atoms with Gasteiger partial charge in [-0.3, -0.25) is 24.0 Å². The number of carbonyl (C=O) groups excluding carboxylic acids is 5. The number of nitrogens with one attached hydrogen (secondary N) is 3. The van der Waals surface area contributed by atoms with Crippen molar-refractivity contribution in [2.45, 2.75) is 50.7 Å². The molecule has 4 atom stereocenters. The molecule has 14 heteroatoms. The van der Waals surface area contributed by atoms with Crippen LogP contribution in [0.15, 0.2) is 95.5 Å². The molecule has 1 fully saturated rings. The smallest absolute Gasteiger partial charge is 0.292 e. The van der Waals surface area contributed by atoms with Crippen LogP contribution in [0.2, 0.25) is 0 Å². The molecule has 4 aromatic rings. The van der Waals surface area contributed by atoms with Crippen molar-refractivity contribution in [3.8, 4) is 17.0 Å². The van der Waals surface area contributed by atoms with Crippen molar-refractivity contribution < 1.29 is 38.0 Å². The number of aromatic nitrogens is 1. The summed E-state index contributed by atoms with van der Waals surface area (Å²) in [5, 5.41) is 13.0. The minimum absolute atomic E-state index is 0.0394. The SMILES string of the molecule is COCCN1CC(=O)N[C@@H](Cc2ccccc2)C(=O)N[C@@H]2CN(C(=O)c3cc(-c4ccccc4)no3)C[C@H]2c2cccc(c2)OCC(=O)N[C@H](CC(C)C)C1=O. The summed E-state index contributed by atoms with van der Waals surface area (Å²) >= 11 is 0. The Balaban J connectivity index is 1.33. The number of hydrogen-bond donors (Lipinski definition) is 3. The van der Waals surface area contributed by atoms with Gasteiger partial charge in [0.25, 0.3) is 11.8 Å². The molecule has 0 saturated carbocycles. The molecule has 0 unspecified atom stereocenters. The van der Waals surface area contributed by atoms with Gasteiger partial charge in [-0.2, -0.15) is 0 Å². The molecule has 294 valence electrons. The number of carbonyl (C=O) groups is 5. The summed E-state index contributed by atoms with van der Waals surface area (Å²) < 4.78 is 16.7. The Bertz CT molecular complexity index is 1990. The molecular weight excluding hydrogens is 716 g/mol. The fourth-order valence-electron chi connectivity index (χ4n) is 7.09. The van der Waals surface area contributed by atoms with Gasteiger partial charge in [-0.1, -0.05) is 91.8 Å². The largest absolute Gasteiger partial charge is 0.484 e. The molecule has 2 aliphatic heterocycles. The number of ether oxygens (including phenoxy) is 2. The number of hydrogen-bond acceptors (Lipinski definition) is 9. The van der Waals surface area contributed by atoms with Crippen LogP contribution in [0.3, 0.4) is 0 Å². The minimum Gasteiger partial charge on any atom is -0.484 e. The standard InChI is InChI=1S/C42H48N6O8/c1-27(2)19-35-41(52)47(17-18-54-3)25-38(49)43-34(20-28-11-6-4-7-12-28)40(51)45-36-24-48(42(53)37-22-33(46-56-37)29-13-8-5-9-14-29)23-32(36)30-15-10-16-31(21-30)55-26-39(50)44-35/h4-16,21-22,27,32,34-36H,17-20,23-26H2,1-3H3,(H,43,49)(H,44,50)(H,45,51)/t32-,34-,35+,36+/m0/s1. The quantitative estimate of drug-likeness (QED) is 0.232. The highest BCUT2D eigenvalue weighted by Gasteiger charge is 2.40. The molecule has 14 nitrogen and oxygen atoms in total.